The Bertz CT molecular complexity index is 516. The van der Waals surface area contributed by atoms with Gasteiger partial charge in [-0.15, -0.1) is 0 Å². The van der Waals surface area contributed by atoms with Gasteiger partial charge < -0.3 is 15.0 Å². The largest absolute Gasteiger partial charge is 0.497 e. The van der Waals surface area contributed by atoms with Crippen LogP contribution in [0.1, 0.15) is 19.4 Å². The Balaban J connectivity index is 1.86. The summed E-state index contributed by atoms with van der Waals surface area (Å²) in [5, 5.41) is 3.49. The highest BCUT2D eigenvalue weighted by Crippen LogP contribution is 2.29. The topological polar surface area (TPSA) is 36.9 Å². The van der Waals surface area contributed by atoms with E-state index in [4.69, 9.17) is 4.74 Å². The van der Waals surface area contributed by atoms with Crippen molar-refractivity contribution in [2.45, 2.75) is 25.0 Å². The van der Waals surface area contributed by atoms with Crippen LogP contribution in [0.2, 0.25) is 0 Å². The summed E-state index contributed by atoms with van der Waals surface area (Å²) in [7, 11) is 3.57. The molecule has 1 heterocycles. The Kier molecular flexibility index (Phi) is 6.00. The molecule has 1 aliphatic rings. The van der Waals surface area contributed by atoms with E-state index in [9.17, 15) is 0 Å². The van der Waals surface area contributed by atoms with Gasteiger partial charge in [-0.2, -0.15) is 11.8 Å². The number of rotatable bonds is 4. The summed E-state index contributed by atoms with van der Waals surface area (Å²) >= 11 is 2.04. The molecule has 22 heavy (non-hydrogen) atoms. The van der Waals surface area contributed by atoms with Crippen molar-refractivity contribution in [2.24, 2.45) is 4.99 Å². The first kappa shape index (κ1) is 17.0. The van der Waals surface area contributed by atoms with E-state index in [2.05, 4.69) is 41.2 Å². The van der Waals surface area contributed by atoms with Crippen LogP contribution in [0, 0.1) is 0 Å². The van der Waals surface area contributed by atoms with Crippen molar-refractivity contribution in [3.63, 3.8) is 0 Å². The van der Waals surface area contributed by atoms with Crippen LogP contribution in [-0.4, -0.2) is 55.2 Å². The fourth-order valence-corrected chi connectivity index (χ4v) is 3.79. The van der Waals surface area contributed by atoms with Crippen molar-refractivity contribution < 1.29 is 4.74 Å². The van der Waals surface area contributed by atoms with Crippen LogP contribution in [0.4, 0.5) is 0 Å². The minimum Gasteiger partial charge on any atom is -0.497 e. The molecule has 0 radical (unpaired) electrons. The molecule has 0 aliphatic carbocycles. The summed E-state index contributed by atoms with van der Waals surface area (Å²) < 4.78 is 5.56. The molecule has 122 valence electrons. The third-order valence-electron chi connectivity index (χ3n) is 3.77. The van der Waals surface area contributed by atoms with Crippen LogP contribution in [0.3, 0.4) is 0 Å². The Morgan fingerprint density at radius 1 is 1.45 bits per heavy atom. The summed E-state index contributed by atoms with van der Waals surface area (Å²) in [5.74, 6) is 3.08. The van der Waals surface area contributed by atoms with Gasteiger partial charge in [0.1, 0.15) is 5.75 Å². The quantitative estimate of drug-likeness (QED) is 0.683. The van der Waals surface area contributed by atoms with E-state index in [1.54, 1.807) is 7.11 Å². The third kappa shape index (κ3) is 4.83. The lowest BCUT2D eigenvalue weighted by Gasteiger charge is -2.39. The fraction of sp³-hybridized carbons (Fsp3) is 0.588. The van der Waals surface area contributed by atoms with Crippen LogP contribution in [0.25, 0.3) is 0 Å². The first-order chi connectivity index (χ1) is 10.5. The van der Waals surface area contributed by atoms with E-state index in [1.807, 2.05) is 30.9 Å². The predicted octanol–water partition coefficient (Wildman–Crippen LogP) is 2.64. The van der Waals surface area contributed by atoms with Crippen LogP contribution in [-0.2, 0) is 6.42 Å². The lowest BCUT2D eigenvalue weighted by Crippen LogP contribution is -2.51. The summed E-state index contributed by atoms with van der Waals surface area (Å²) in [6.07, 6.45) is 0.961. The number of hydrogen-bond acceptors (Lipinski definition) is 3. The Hall–Kier alpha value is -1.36. The van der Waals surface area contributed by atoms with E-state index in [-0.39, 0.29) is 0 Å². The normalized spacial score (nSPS) is 18.2. The first-order valence-corrected chi connectivity index (χ1v) is 8.75. The minimum atomic E-state index is 0.294. The van der Waals surface area contributed by atoms with E-state index in [0.29, 0.717) is 4.75 Å². The second kappa shape index (κ2) is 7.77. The summed E-state index contributed by atoms with van der Waals surface area (Å²) in [4.78, 5) is 6.80. The van der Waals surface area contributed by atoms with Gasteiger partial charge in [-0.25, -0.2) is 0 Å². The smallest absolute Gasteiger partial charge is 0.193 e. The standard InChI is InChI=1S/C17H27N3OS/c1-17(2)13-20(10-11-22-17)16(18-3)19-9-8-14-6-5-7-15(12-14)21-4/h5-7,12H,8-11,13H2,1-4H3,(H,18,19). The molecule has 0 saturated carbocycles. The number of thioether (sulfide) groups is 1. The van der Waals surface area contributed by atoms with Gasteiger partial charge in [0, 0.05) is 37.2 Å². The molecule has 1 N–H and O–H groups in total. The Morgan fingerprint density at radius 3 is 2.95 bits per heavy atom. The van der Waals surface area contributed by atoms with Crippen LogP contribution < -0.4 is 10.1 Å². The van der Waals surface area contributed by atoms with Gasteiger partial charge in [0.2, 0.25) is 0 Å². The Morgan fingerprint density at radius 2 is 2.27 bits per heavy atom. The molecule has 1 aliphatic heterocycles. The molecule has 1 aromatic rings. The number of benzene rings is 1. The number of hydrogen-bond donors (Lipinski definition) is 1. The van der Waals surface area contributed by atoms with Crippen molar-refractivity contribution >= 4 is 17.7 Å². The zero-order chi connectivity index (χ0) is 16.0. The van der Waals surface area contributed by atoms with Crippen molar-refractivity contribution in [1.29, 1.82) is 0 Å². The molecule has 0 bridgehead atoms. The highest BCUT2D eigenvalue weighted by Gasteiger charge is 2.28. The maximum Gasteiger partial charge on any atom is 0.193 e. The molecule has 0 amide bonds. The van der Waals surface area contributed by atoms with Crippen molar-refractivity contribution in [3.8, 4) is 5.75 Å². The van der Waals surface area contributed by atoms with Gasteiger partial charge in [0.05, 0.1) is 7.11 Å². The molecule has 0 aromatic heterocycles. The van der Waals surface area contributed by atoms with Gasteiger partial charge in [0.25, 0.3) is 0 Å². The van der Waals surface area contributed by atoms with Crippen LogP contribution >= 0.6 is 11.8 Å². The van der Waals surface area contributed by atoms with E-state index >= 15 is 0 Å². The van der Waals surface area contributed by atoms with Crippen LogP contribution in [0.5, 0.6) is 5.75 Å². The van der Waals surface area contributed by atoms with E-state index < -0.39 is 0 Å². The lowest BCUT2D eigenvalue weighted by atomic mass is 10.1. The molecule has 1 aromatic carbocycles. The van der Waals surface area contributed by atoms with Crippen LogP contribution in [0.15, 0.2) is 29.3 Å². The highest BCUT2D eigenvalue weighted by molar-refractivity contribution is 8.00. The number of aliphatic imine (C=N–C) groups is 1. The molecule has 4 nitrogen and oxygen atoms in total. The van der Waals surface area contributed by atoms with Gasteiger partial charge in [-0.1, -0.05) is 12.1 Å². The molecule has 0 unspecified atom stereocenters. The molecule has 0 atom stereocenters. The zero-order valence-electron chi connectivity index (χ0n) is 14.1. The molecular weight excluding hydrogens is 294 g/mol. The Labute approximate surface area is 138 Å². The van der Waals surface area contributed by atoms with Gasteiger partial charge in [-0.05, 0) is 38.0 Å². The van der Waals surface area contributed by atoms with Gasteiger partial charge in [0.15, 0.2) is 5.96 Å². The SMILES string of the molecule is CN=C(NCCc1cccc(OC)c1)N1CCSC(C)(C)C1. The number of ether oxygens (including phenoxy) is 1. The average Bonchev–Trinajstić information content (AvgIpc) is 2.51. The fourth-order valence-electron chi connectivity index (χ4n) is 2.68. The van der Waals surface area contributed by atoms with Gasteiger partial charge in [-0.3, -0.25) is 4.99 Å². The summed E-state index contributed by atoms with van der Waals surface area (Å²) in [5.41, 5.74) is 1.27. The maximum absolute atomic E-state index is 5.27. The number of nitrogens with one attached hydrogen (secondary N) is 1. The minimum absolute atomic E-state index is 0.294. The second-order valence-corrected chi connectivity index (χ2v) is 7.91. The number of methoxy groups -OCH3 is 1. The van der Waals surface area contributed by atoms with Gasteiger partial charge >= 0.3 is 0 Å². The summed E-state index contributed by atoms with van der Waals surface area (Å²) in [6, 6.07) is 8.23. The predicted molar refractivity (Wildman–Crippen MR) is 96.2 cm³/mol. The number of guanidine groups is 1. The summed E-state index contributed by atoms with van der Waals surface area (Å²) in [6.45, 7) is 7.58. The molecule has 0 spiro atoms. The maximum atomic E-state index is 5.27. The third-order valence-corrected chi connectivity index (χ3v) is 5.07. The second-order valence-electron chi connectivity index (χ2n) is 6.11. The van der Waals surface area contributed by atoms with E-state index in [1.165, 1.54) is 5.56 Å². The molecular formula is C17H27N3OS. The lowest BCUT2D eigenvalue weighted by molar-refractivity contribution is 0.376. The first-order valence-electron chi connectivity index (χ1n) is 7.76. The molecule has 1 saturated heterocycles. The highest BCUT2D eigenvalue weighted by atomic mass is 32.2. The van der Waals surface area contributed by atoms with Crippen molar-refractivity contribution in [2.75, 3.05) is 39.5 Å². The monoisotopic (exact) mass is 321 g/mol. The van der Waals surface area contributed by atoms with E-state index in [0.717, 1.165) is 43.5 Å². The zero-order valence-corrected chi connectivity index (χ0v) is 14.9. The van der Waals surface area contributed by atoms with Crippen molar-refractivity contribution in [3.05, 3.63) is 29.8 Å². The molecule has 1 fully saturated rings. The average molecular weight is 321 g/mol. The number of nitrogens with zero attached hydrogens (tertiary/aromatic N) is 2. The van der Waals surface area contributed by atoms with Crippen molar-refractivity contribution in [1.82, 2.24) is 10.2 Å². The molecule has 2 rings (SSSR count). The molecule has 5 heteroatoms.